The van der Waals surface area contributed by atoms with Gasteiger partial charge in [-0.3, -0.25) is 9.59 Å². The number of aliphatic hydroxyl groups excluding tert-OH is 1. The smallest absolute Gasteiger partial charge is 0.168 e. The largest absolute Gasteiger partial charge is 0.511 e. The monoisotopic (exact) mass is 408 g/mol. The highest BCUT2D eigenvalue weighted by Gasteiger charge is 2.28. The summed E-state index contributed by atoms with van der Waals surface area (Å²) in [7, 11) is 1.57. The van der Waals surface area contributed by atoms with Crippen LogP contribution >= 0.6 is 0 Å². The number of carbonyl (C=O) groups is 2. The standard InChI is InChI=1S/C23H24N2O5/c1-29-20-10-3-2-6-14(20)24-15-7-4-8-17(26)22(15)19(28)13-12-16-23-18(27)9-5-11-21(23)30-25-16/h2-3,6,10,28H,4-5,7-9,11-13H2,1H3. The summed E-state index contributed by atoms with van der Waals surface area (Å²) in [6.45, 7) is 0. The number of aromatic nitrogens is 1. The number of ketones is 2. The Morgan fingerprint density at radius 2 is 1.90 bits per heavy atom. The summed E-state index contributed by atoms with van der Waals surface area (Å²) in [6.07, 6.45) is 4.15. The predicted molar refractivity (Wildman–Crippen MR) is 111 cm³/mol. The second-order valence-corrected chi connectivity index (χ2v) is 7.53. The highest BCUT2D eigenvalue weighted by molar-refractivity contribution is 6.24. The Hall–Kier alpha value is -3.22. The maximum atomic E-state index is 12.6. The number of rotatable bonds is 5. The Bertz CT molecular complexity index is 1050. The summed E-state index contributed by atoms with van der Waals surface area (Å²) in [5.74, 6) is 1.13. The van der Waals surface area contributed by atoms with Gasteiger partial charge in [0.25, 0.3) is 0 Å². The van der Waals surface area contributed by atoms with Gasteiger partial charge in [0.15, 0.2) is 11.6 Å². The minimum Gasteiger partial charge on any atom is -0.511 e. The Morgan fingerprint density at radius 1 is 1.13 bits per heavy atom. The molecule has 0 aliphatic heterocycles. The van der Waals surface area contributed by atoms with Gasteiger partial charge in [0.05, 0.1) is 29.7 Å². The maximum absolute atomic E-state index is 12.6. The third-order valence-electron chi connectivity index (χ3n) is 5.53. The van der Waals surface area contributed by atoms with Gasteiger partial charge in [0, 0.05) is 32.1 Å². The summed E-state index contributed by atoms with van der Waals surface area (Å²) in [5, 5.41) is 14.8. The number of methoxy groups -OCH3 is 1. The predicted octanol–water partition coefficient (Wildman–Crippen LogP) is 4.47. The van der Waals surface area contributed by atoms with Crippen LogP contribution in [0.15, 0.2) is 45.1 Å². The van der Waals surface area contributed by atoms with Crippen LogP contribution in [-0.4, -0.2) is 34.7 Å². The van der Waals surface area contributed by atoms with Crippen LogP contribution in [0.3, 0.4) is 0 Å². The highest BCUT2D eigenvalue weighted by atomic mass is 16.5. The van der Waals surface area contributed by atoms with Crippen LogP contribution in [-0.2, 0) is 17.6 Å². The molecule has 30 heavy (non-hydrogen) atoms. The van der Waals surface area contributed by atoms with Crippen LogP contribution in [0.4, 0.5) is 5.69 Å². The number of hydrogen-bond donors (Lipinski definition) is 1. The van der Waals surface area contributed by atoms with E-state index in [1.165, 1.54) is 0 Å². The number of para-hydroxylation sites is 2. The number of hydrogen-bond acceptors (Lipinski definition) is 7. The van der Waals surface area contributed by atoms with Gasteiger partial charge in [-0.1, -0.05) is 17.3 Å². The molecular weight excluding hydrogens is 384 g/mol. The molecule has 0 atom stereocenters. The minimum atomic E-state index is -0.120. The second-order valence-electron chi connectivity index (χ2n) is 7.53. The Labute approximate surface area is 174 Å². The van der Waals surface area contributed by atoms with E-state index in [1.807, 2.05) is 18.2 Å². The van der Waals surface area contributed by atoms with Gasteiger partial charge >= 0.3 is 0 Å². The first-order valence-electron chi connectivity index (χ1n) is 10.3. The van der Waals surface area contributed by atoms with Crippen molar-refractivity contribution >= 4 is 23.0 Å². The topological polar surface area (TPSA) is 102 Å². The van der Waals surface area contributed by atoms with Gasteiger partial charge in [-0.05, 0) is 31.4 Å². The lowest BCUT2D eigenvalue weighted by molar-refractivity contribution is -0.115. The molecule has 2 aliphatic rings. The summed E-state index contributed by atoms with van der Waals surface area (Å²) in [6, 6.07) is 7.31. The molecule has 1 fully saturated rings. The number of nitrogens with zero attached hydrogens (tertiary/aromatic N) is 2. The van der Waals surface area contributed by atoms with Crippen molar-refractivity contribution in [3.05, 3.63) is 52.6 Å². The van der Waals surface area contributed by atoms with Crippen molar-refractivity contribution in [3.63, 3.8) is 0 Å². The lowest BCUT2D eigenvalue weighted by Crippen LogP contribution is -2.21. The molecule has 1 saturated carbocycles. The normalized spacial score (nSPS) is 19.7. The van der Waals surface area contributed by atoms with Crippen molar-refractivity contribution in [1.29, 1.82) is 0 Å². The van der Waals surface area contributed by atoms with Gasteiger partial charge in [-0.15, -0.1) is 0 Å². The minimum absolute atomic E-state index is 0.0200. The van der Waals surface area contributed by atoms with Crippen LogP contribution in [0.25, 0.3) is 0 Å². The van der Waals surface area contributed by atoms with Gasteiger partial charge < -0.3 is 14.4 Å². The van der Waals surface area contributed by atoms with Crippen LogP contribution in [0.2, 0.25) is 0 Å². The number of aliphatic hydroxyl groups is 1. The fourth-order valence-corrected chi connectivity index (χ4v) is 4.05. The first kappa shape index (κ1) is 20.1. The number of aryl methyl sites for hydroxylation is 2. The first-order valence-corrected chi connectivity index (χ1v) is 10.3. The van der Waals surface area contributed by atoms with Crippen molar-refractivity contribution in [3.8, 4) is 5.75 Å². The van der Waals surface area contributed by atoms with Crippen LogP contribution in [0, 0.1) is 0 Å². The zero-order valence-corrected chi connectivity index (χ0v) is 16.9. The number of ether oxygens (including phenoxy) is 1. The molecule has 1 N–H and O–H groups in total. The molecule has 1 heterocycles. The van der Waals surface area contributed by atoms with E-state index in [-0.39, 0.29) is 29.3 Å². The van der Waals surface area contributed by atoms with Crippen molar-refractivity contribution < 1.29 is 24.0 Å². The summed E-state index contributed by atoms with van der Waals surface area (Å²) in [4.78, 5) is 29.5. The maximum Gasteiger partial charge on any atom is 0.168 e. The van der Waals surface area contributed by atoms with E-state index in [2.05, 4.69) is 10.1 Å². The molecule has 1 aromatic heterocycles. The molecule has 1 aromatic carbocycles. The van der Waals surface area contributed by atoms with Gasteiger partial charge in [0.1, 0.15) is 23.0 Å². The lowest BCUT2D eigenvalue weighted by atomic mass is 9.88. The number of benzene rings is 1. The number of Topliss-reactive ketones (excluding diaryl/α,β-unsaturated/α-hetero) is 2. The van der Waals surface area contributed by atoms with Gasteiger partial charge in [-0.25, -0.2) is 4.99 Å². The van der Waals surface area contributed by atoms with Crippen molar-refractivity contribution in [2.24, 2.45) is 4.99 Å². The van der Waals surface area contributed by atoms with Gasteiger partial charge in [-0.2, -0.15) is 0 Å². The van der Waals surface area contributed by atoms with E-state index in [0.29, 0.717) is 72.7 Å². The number of aliphatic imine (C=N–C) groups is 1. The fourth-order valence-electron chi connectivity index (χ4n) is 4.05. The zero-order chi connectivity index (χ0) is 21.1. The van der Waals surface area contributed by atoms with Gasteiger partial charge in [0.2, 0.25) is 0 Å². The first-order chi connectivity index (χ1) is 14.6. The molecule has 0 radical (unpaired) electrons. The average Bonchev–Trinajstić information content (AvgIpc) is 3.17. The number of fused-ring (bicyclic) bond motifs is 1. The average molecular weight is 408 g/mol. The number of carbonyl (C=O) groups excluding carboxylic acids is 2. The van der Waals surface area contributed by atoms with E-state index in [0.717, 1.165) is 6.42 Å². The Balaban J connectivity index is 1.62. The van der Waals surface area contributed by atoms with Crippen LogP contribution < -0.4 is 4.74 Å². The van der Waals surface area contributed by atoms with E-state index in [1.54, 1.807) is 13.2 Å². The molecule has 2 aliphatic carbocycles. The molecule has 4 rings (SSSR count). The van der Waals surface area contributed by atoms with Crippen LogP contribution in [0.1, 0.15) is 60.3 Å². The summed E-state index contributed by atoms with van der Waals surface area (Å²) >= 11 is 0. The third kappa shape index (κ3) is 3.92. The lowest BCUT2D eigenvalue weighted by Gasteiger charge is -2.18. The van der Waals surface area contributed by atoms with E-state index >= 15 is 0 Å². The summed E-state index contributed by atoms with van der Waals surface area (Å²) in [5.41, 5.74) is 2.55. The molecular formula is C23H24N2O5. The van der Waals surface area contributed by atoms with Crippen LogP contribution in [0.5, 0.6) is 5.75 Å². The molecule has 0 bridgehead atoms. The molecule has 7 heteroatoms. The quantitative estimate of drug-likeness (QED) is 0.578. The zero-order valence-electron chi connectivity index (χ0n) is 16.9. The summed E-state index contributed by atoms with van der Waals surface area (Å²) < 4.78 is 10.7. The molecule has 156 valence electrons. The molecule has 0 unspecified atom stereocenters. The van der Waals surface area contributed by atoms with Crippen molar-refractivity contribution in [2.45, 2.75) is 51.4 Å². The van der Waals surface area contributed by atoms with E-state index < -0.39 is 0 Å². The van der Waals surface area contributed by atoms with E-state index in [9.17, 15) is 14.7 Å². The molecule has 0 saturated heterocycles. The Kier molecular flexibility index (Phi) is 5.79. The SMILES string of the molecule is COc1ccccc1N=C1CCCC(=O)C1=C(O)CCc1noc2c1C(=O)CCC2. The molecule has 0 spiro atoms. The Morgan fingerprint density at radius 3 is 2.73 bits per heavy atom. The van der Waals surface area contributed by atoms with Crippen molar-refractivity contribution in [2.75, 3.05) is 7.11 Å². The van der Waals surface area contributed by atoms with Crippen molar-refractivity contribution in [1.82, 2.24) is 5.16 Å². The molecule has 0 amide bonds. The second kappa shape index (κ2) is 8.65. The van der Waals surface area contributed by atoms with E-state index in [4.69, 9.17) is 9.26 Å². The fraction of sp³-hybridized carbons (Fsp3) is 0.391. The third-order valence-corrected chi connectivity index (χ3v) is 5.53. The number of allylic oxidation sites excluding steroid dienone is 2. The molecule has 7 nitrogen and oxygen atoms in total. The highest BCUT2D eigenvalue weighted by Crippen LogP contribution is 2.31. The molecule has 2 aromatic rings.